The van der Waals surface area contributed by atoms with Gasteiger partial charge in [0.05, 0.1) is 10.9 Å². The SMILES string of the molecule is O=C(CCCc1nc2ccccc2c(=O)[nH]1)N[C@@H]1CC[C@@H](Oc2ccccc2)C1. The molecule has 3 aromatic rings. The van der Waals surface area contributed by atoms with Crippen molar-refractivity contribution in [1.82, 2.24) is 15.3 Å². The highest BCUT2D eigenvalue weighted by atomic mass is 16.5. The van der Waals surface area contributed by atoms with E-state index in [9.17, 15) is 9.59 Å². The van der Waals surface area contributed by atoms with Gasteiger partial charge in [0.1, 0.15) is 17.7 Å². The number of rotatable bonds is 7. The minimum absolute atomic E-state index is 0.0403. The van der Waals surface area contributed by atoms with Crippen LogP contribution in [-0.4, -0.2) is 28.0 Å². The van der Waals surface area contributed by atoms with Crippen LogP contribution in [-0.2, 0) is 11.2 Å². The molecule has 1 saturated carbocycles. The van der Waals surface area contributed by atoms with E-state index in [1.807, 2.05) is 48.5 Å². The number of para-hydroxylation sites is 2. The number of amides is 1. The van der Waals surface area contributed by atoms with Crippen molar-refractivity contribution >= 4 is 16.8 Å². The standard InChI is InChI=1S/C23H25N3O3/c27-22(24-16-13-14-18(15-16)29-17-7-2-1-3-8-17)12-6-11-21-25-20-10-5-4-9-19(20)23(28)26-21/h1-5,7-10,16,18H,6,11-15H2,(H,24,27)(H,25,26,28)/t16-,18-/m1/s1. The second-order valence-electron chi connectivity index (χ2n) is 7.51. The molecule has 1 aliphatic rings. The Labute approximate surface area is 169 Å². The maximum Gasteiger partial charge on any atom is 0.258 e. The van der Waals surface area contributed by atoms with E-state index in [0.29, 0.717) is 36.0 Å². The number of aromatic amines is 1. The van der Waals surface area contributed by atoms with Gasteiger partial charge in [-0.15, -0.1) is 0 Å². The Balaban J connectivity index is 1.22. The molecule has 1 fully saturated rings. The van der Waals surface area contributed by atoms with E-state index in [1.165, 1.54) is 0 Å². The maximum absolute atomic E-state index is 12.3. The first-order valence-electron chi connectivity index (χ1n) is 10.2. The number of ether oxygens (including phenoxy) is 1. The van der Waals surface area contributed by atoms with Crippen LogP contribution in [0.2, 0.25) is 0 Å². The van der Waals surface area contributed by atoms with Crippen LogP contribution in [0.4, 0.5) is 0 Å². The van der Waals surface area contributed by atoms with Crippen LogP contribution in [0, 0.1) is 0 Å². The van der Waals surface area contributed by atoms with Crippen molar-refractivity contribution in [1.29, 1.82) is 0 Å². The molecule has 0 saturated heterocycles. The number of nitrogens with one attached hydrogen (secondary N) is 2. The number of carbonyl (C=O) groups excluding carboxylic acids is 1. The molecule has 1 aliphatic carbocycles. The molecule has 6 heteroatoms. The lowest BCUT2D eigenvalue weighted by Crippen LogP contribution is -2.33. The highest BCUT2D eigenvalue weighted by molar-refractivity contribution is 5.77. The molecule has 4 rings (SSSR count). The van der Waals surface area contributed by atoms with Gasteiger partial charge in [0, 0.05) is 25.3 Å². The van der Waals surface area contributed by atoms with Crippen molar-refractivity contribution in [2.45, 2.75) is 50.7 Å². The van der Waals surface area contributed by atoms with Crippen molar-refractivity contribution in [2.75, 3.05) is 0 Å². The van der Waals surface area contributed by atoms with Gasteiger partial charge >= 0.3 is 0 Å². The van der Waals surface area contributed by atoms with Gasteiger partial charge in [-0.3, -0.25) is 9.59 Å². The lowest BCUT2D eigenvalue weighted by molar-refractivity contribution is -0.121. The molecule has 0 unspecified atom stereocenters. The molecular formula is C23H25N3O3. The fourth-order valence-corrected chi connectivity index (χ4v) is 3.84. The molecule has 6 nitrogen and oxygen atoms in total. The highest BCUT2D eigenvalue weighted by Gasteiger charge is 2.27. The third kappa shape index (κ3) is 5.02. The van der Waals surface area contributed by atoms with Gasteiger partial charge in [-0.05, 0) is 43.5 Å². The van der Waals surface area contributed by atoms with E-state index < -0.39 is 0 Å². The number of aromatic nitrogens is 2. The summed E-state index contributed by atoms with van der Waals surface area (Å²) in [6.45, 7) is 0. The Morgan fingerprint density at radius 3 is 2.76 bits per heavy atom. The Morgan fingerprint density at radius 1 is 1.10 bits per heavy atom. The molecule has 0 radical (unpaired) electrons. The van der Waals surface area contributed by atoms with Crippen molar-refractivity contribution in [2.24, 2.45) is 0 Å². The number of fused-ring (bicyclic) bond motifs is 1. The maximum atomic E-state index is 12.3. The molecule has 2 atom stereocenters. The summed E-state index contributed by atoms with van der Waals surface area (Å²) in [5.41, 5.74) is 0.552. The van der Waals surface area contributed by atoms with Crippen molar-refractivity contribution < 1.29 is 9.53 Å². The fraction of sp³-hybridized carbons (Fsp3) is 0.348. The highest BCUT2D eigenvalue weighted by Crippen LogP contribution is 2.24. The summed E-state index contributed by atoms with van der Waals surface area (Å²) in [5.74, 6) is 1.54. The first kappa shape index (κ1) is 19.2. The molecule has 1 amide bonds. The zero-order chi connectivity index (χ0) is 20.1. The number of benzene rings is 2. The van der Waals surface area contributed by atoms with Crippen LogP contribution in [0.5, 0.6) is 5.75 Å². The summed E-state index contributed by atoms with van der Waals surface area (Å²) in [6, 6.07) is 17.2. The summed E-state index contributed by atoms with van der Waals surface area (Å²) < 4.78 is 5.98. The van der Waals surface area contributed by atoms with Gasteiger partial charge in [-0.1, -0.05) is 30.3 Å². The number of hydrogen-bond donors (Lipinski definition) is 2. The average Bonchev–Trinajstić information content (AvgIpc) is 3.15. The van der Waals surface area contributed by atoms with Gasteiger partial charge in [0.2, 0.25) is 5.91 Å². The lowest BCUT2D eigenvalue weighted by Gasteiger charge is -2.15. The summed E-state index contributed by atoms with van der Waals surface area (Å²) >= 11 is 0. The van der Waals surface area contributed by atoms with E-state index >= 15 is 0 Å². The van der Waals surface area contributed by atoms with Crippen molar-refractivity contribution in [3.8, 4) is 5.75 Å². The topological polar surface area (TPSA) is 84.1 Å². The van der Waals surface area contributed by atoms with Gasteiger partial charge in [-0.25, -0.2) is 4.98 Å². The van der Waals surface area contributed by atoms with E-state index in [-0.39, 0.29) is 23.6 Å². The molecule has 150 valence electrons. The third-order valence-electron chi connectivity index (χ3n) is 5.27. The lowest BCUT2D eigenvalue weighted by atomic mass is 10.2. The monoisotopic (exact) mass is 391 g/mol. The molecular weight excluding hydrogens is 366 g/mol. The second-order valence-corrected chi connectivity index (χ2v) is 7.51. The van der Waals surface area contributed by atoms with Gasteiger partial charge in [0.15, 0.2) is 0 Å². The number of H-pyrrole nitrogens is 1. The van der Waals surface area contributed by atoms with Crippen LogP contribution in [0.3, 0.4) is 0 Å². The predicted molar refractivity (Wildman–Crippen MR) is 112 cm³/mol. The predicted octanol–water partition coefficient (Wildman–Crippen LogP) is 3.36. The summed E-state index contributed by atoms with van der Waals surface area (Å²) in [6.07, 6.45) is 4.49. The molecule has 1 aromatic heterocycles. The fourth-order valence-electron chi connectivity index (χ4n) is 3.84. The Kier molecular flexibility index (Phi) is 5.89. The van der Waals surface area contributed by atoms with Gasteiger partial charge in [0.25, 0.3) is 5.56 Å². The molecule has 2 N–H and O–H groups in total. The Bertz CT molecular complexity index is 1030. The van der Waals surface area contributed by atoms with E-state index in [2.05, 4.69) is 15.3 Å². The Morgan fingerprint density at radius 2 is 1.90 bits per heavy atom. The van der Waals surface area contributed by atoms with Crippen LogP contribution in [0.25, 0.3) is 10.9 Å². The van der Waals surface area contributed by atoms with Crippen molar-refractivity contribution in [3.63, 3.8) is 0 Å². The molecule has 0 aliphatic heterocycles. The Hall–Kier alpha value is -3.15. The zero-order valence-corrected chi connectivity index (χ0v) is 16.3. The molecule has 0 bridgehead atoms. The van der Waals surface area contributed by atoms with E-state index in [4.69, 9.17) is 4.74 Å². The average molecular weight is 391 g/mol. The summed E-state index contributed by atoms with van der Waals surface area (Å²) in [5, 5.41) is 3.70. The number of hydrogen-bond acceptors (Lipinski definition) is 4. The van der Waals surface area contributed by atoms with Gasteiger partial charge in [-0.2, -0.15) is 0 Å². The third-order valence-corrected chi connectivity index (χ3v) is 5.27. The largest absolute Gasteiger partial charge is 0.490 e. The van der Waals surface area contributed by atoms with Crippen LogP contribution < -0.4 is 15.6 Å². The molecule has 29 heavy (non-hydrogen) atoms. The number of carbonyl (C=O) groups is 1. The van der Waals surface area contributed by atoms with Crippen molar-refractivity contribution in [3.05, 3.63) is 70.8 Å². The molecule has 0 spiro atoms. The van der Waals surface area contributed by atoms with E-state index in [1.54, 1.807) is 6.07 Å². The van der Waals surface area contributed by atoms with E-state index in [0.717, 1.165) is 25.0 Å². The minimum Gasteiger partial charge on any atom is -0.490 e. The van der Waals surface area contributed by atoms with Crippen LogP contribution in [0.1, 0.15) is 37.9 Å². The first-order valence-corrected chi connectivity index (χ1v) is 10.2. The number of nitrogens with zero attached hydrogens (tertiary/aromatic N) is 1. The summed E-state index contributed by atoms with van der Waals surface area (Å²) in [7, 11) is 0. The first-order chi connectivity index (χ1) is 14.2. The van der Waals surface area contributed by atoms with Gasteiger partial charge < -0.3 is 15.0 Å². The zero-order valence-electron chi connectivity index (χ0n) is 16.3. The normalized spacial score (nSPS) is 18.6. The van der Waals surface area contributed by atoms with Crippen LogP contribution in [0.15, 0.2) is 59.4 Å². The minimum atomic E-state index is -0.134. The molecule has 2 aromatic carbocycles. The van der Waals surface area contributed by atoms with Crippen LogP contribution >= 0.6 is 0 Å². The second kappa shape index (κ2) is 8.90. The number of aryl methyl sites for hydroxylation is 1. The molecule has 1 heterocycles. The quantitative estimate of drug-likeness (QED) is 0.647. The smallest absolute Gasteiger partial charge is 0.258 e. The summed E-state index contributed by atoms with van der Waals surface area (Å²) in [4.78, 5) is 31.7.